The van der Waals surface area contributed by atoms with Gasteiger partial charge in [0.2, 0.25) is 5.91 Å². The molecule has 0 aliphatic carbocycles. The molecule has 0 aromatic heterocycles. The van der Waals surface area contributed by atoms with Gasteiger partial charge in [-0.2, -0.15) is 0 Å². The maximum atomic E-state index is 12.0. The SMILES string of the molecule is C=CC(C)(C)NCC(O)C(=O)NCc1ccccc1OC(C)C. The van der Waals surface area contributed by atoms with Gasteiger partial charge < -0.3 is 20.5 Å². The quantitative estimate of drug-likeness (QED) is 0.609. The summed E-state index contributed by atoms with van der Waals surface area (Å²) in [6.07, 6.45) is 0.673. The van der Waals surface area contributed by atoms with Crippen LogP contribution in [0.5, 0.6) is 5.75 Å². The molecule has 0 spiro atoms. The number of rotatable bonds is 9. The summed E-state index contributed by atoms with van der Waals surface area (Å²) in [6.45, 7) is 11.9. The number of hydrogen-bond donors (Lipinski definition) is 3. The Hall–Kier alpha value is -1.85. The topological polar surface area (TPSA) is 70.6 Å². The van der Waals surface area contributed by atoms with Crippen molar-refractivity contribution < 1.29 is 14.6 Å². The van der Waals surface area contributed by atoms with Crippen molar-refractivity contribution in [3.63, 3.8) is 0 Å². The number of β-amino-alcohol motifs (C(OH)–C–C–N with tert-alkyl or cyclic N) is 1. The Morgan fingerprint density at radius 2 is 2.04 bits per heavy atom. The van der Waals surface area contributed by atoms with Crippen LogP contribution in [0.25, 0.3) is 0 Å². The van der Waals surface area contributed by atoms with E-state index in [0.29, 0.717) is 6.54 Å². The summed E-state index contributed by atoms with van der Waals surface area (Å²) in [5, 5.41) is 15.7. The molecule has 0 aliphatic heterocycles. The standard InChI is InChI=1S/C18H28N2O3/c1-6-18(4,5)20-12-15(21)17(22)19-11-14-9-7-8-10-16(14)23-13(2)3/h6-10,13,15,20-21H,1,11-12H2,2-5H3,(H,19,22). The Morgan fingerprint density at radius 1 is 1.39 bits per heavy atom. The predicted octanol–water partition coefficient (Wildman–Crippen LogP) is 2.01. The van der Waals surface area contributed by atoms with Gasteiger partial charge in [-0.25, -0.2) is 0 Å². The number of benzene rings is 1. The molecule has 0 bridgehead atoms. The largest absolute Gasteiger partial charge is 0.491 e. The zero-order valence-electron chi connectivity index (χ0n) is 14.4. The molecule has 3 N–H and O–H groups in total. The van der Waals surface area contributed by atoms with Gasteiger partial charge in [-0.05, 0) is 33.8 Å². The highest BCUT2D eigenvalue weighted by atomic mass is 16.5. The van der Waals surface area contributed by atoms with Gasteiger partial charge in [-0.15, -0.1) is 6.58 Å². The smallest absolute Gasteiger partial charge is 0.250 e. The average Bonchev–Trinajstić information content (AvgIpc) is 2.51. The fraction of sp³-hybridized carbons (Fsp3) is 0.500. The van der Waals surface area contributed by atoms with E-state index in [4.69, 9.17) is 4.74 Å². The number of nitrogens with one attached hydrogen (secondary N) is 2. The van der Waals surface area contributed by atoms with Crippen LogP contribution in [-0.4, -0.2) is 35.3 Å². The Bertz CT molecular complexity index is 527. The molecule has 1 atom stereocenters. The summed E-state index contributed by atoms with van der Waals surface area (Å²) in [5.41, 5.74) is 0.542. The summed E-state index contributed by atoms with van der Waals surface area (Å²) in [5.74, 6) is 0.319. The van der Waals surface area contributed by atoms with Crippen LogP contribution in [0.2, 0.25) is 0 Å². The number of ether oxygens (including phenoxy) is 1. The van der Waals surface area contributed by atoms with E-state index in [9.17, 15) is 9.90 Å². The lowest BCUT2D eigenvalue weighted by atomic mass is 10.1. The molecule has 0 saturated heterocycles. The Balaban J connectivity index is 2.54. The van der Waals surface area contributed by atoms with Gasteiger partial charge in [0.15, 0.2) is 0 Å². The van der Waals surface area contributed by atoms with E-state index in [2.05, 4.69) is 17.2 Å². The minimum Gasteiger partial charge on any atom is -0.491 e. The van der Waals surface area contributed by atoms with Gasteiger partial charge >= 0.3 is 0 Å². The van der Waals surface area contributed by atoms with E-state index in [1.165, 1.54) is 0 Å². The molecule has 23 heavy (non-hydrogen) atoms. The van der Waals surface area contributed by atoms with E-state index >= 15 is 0 Å². The van der Waals surface area contributed by atoms with Crippen LogP contribution < -0.4 is 15.4 Å². The minimum absolute atomic E-state index is 0.0581. The van der Waals surface area contributed by atoms with Crippen molar-refractivity contribution in [2.75, 3.05) is 6.54 Å². The molecule has 1 unspecified atom stereocenters. The first-order valence-electron chi connectivity index (χ1n) is 7.84. The second kappa shape index (κ2) is 8.70. The van der Waals surface area contributed by atoms with Crippen molar-refractivity contribution in [2.45, 2.75) is 52.0 Å². The number of hydrogen-bond acceptors (Lipinski definition) is 4. The van der Waals surface area contributed by atoms with Crippen molar-refractivity contribution in [3.8, 4) is 5.75 Å². The summed E-state index contributed by atoms with van der Waals surface area (Å²) < 4.78 is 5.71. The molecule has 0 radical (unpaired) electrons. The summed E-state index contributed by atoms with van der Waals surface area (Å²) >= 11 is 0. The van der Waals surface area contributed by atoms with Gasteiger partial charge in [-0.3, -0.25) is 4.79 Å². The van der Waals surface area contributed by atoms with Gasteiger partial charge in [0.05, 0.1) is 6.10 Å². The first kappa shape index (κ1) is 19.2. The monoisotopic (exact) mass is 320 g/mol. The van der Waals surface area contributed by atoms with Crippen LogP contribution in [0.3, 0.4) is 0 Å². The number of amides is 1. The van der Waals surface area contributed by atoms with Gasteiger partial charge in [0, 0.05) is 24.2 Å². The summed E-state index contributed by atoms with van der Waals surface area (Å²) in [4.78, 5) is 12.0. The molecule has 0 fully saturated rings. The van der Waals surface area contributed by atoms with Crippen LogP contribution in [0.1, 0.15) is 33.3 Å². The fourth-order valence-corrected chi connectivity index (χ4v) is 1.84. The van der Waals surface area contributed by atoms with Crippen molar-refractivity contribution in [2.24, 2.45) is 0 Å². The zero-order chi connectivity index (χ0) is 17.5. The molecule has 0 heterocycles. The highest BCUT2D eigenvalue weighted by Crippen LogP contribution is 2.19. The molecular weight excluding hydrogens is 292 g/mol. The molecule has 0 saturated carbocycles. The summed E-state index contributed by atoms with van der Waals surface area (Å²) in [6, 6.07) is 7.54. The third kappa shape index (κ3) is 6.84. The molecule has 5 nitrogen and oxygen atoms in total. The Kier molecular flexibility index (Phi) is 7.26. The van der Waals surface area contributed by atoms with Crippen LogP contribution in [0.4, 0.5) is 0 Å². The molecule has 5 heteroatoms. The highest BCUT2D eigenvalue weighted by Gasteiger charge is 2.19. The van der Waals surface area contributed by atoms with E-state index in [1.54, 1.807) is 6.08 Å². The third-order valence-electron chi connectivity index (χ3n) is 3.35. The van der Waals surface area contributed by atoms with Crippen LogP contribution in [0.15, 0.2) is 36.9 Å². The number of carbonyl (C=O) groups excluding carboxylic acids is 1. The van der Waals surface area contributed by atoms with E-state index in [1.807, 2.05) is 52.0 Å². The Morgan fingerprint density at radius 3 is 2.65 bits per heavy atom. The normalized spacial score (nSPS) is 12.8. The van der Waals surface area contributed by atoms with Crippen LogP contribution in [-0.2, 0) is 11.3 Å². The molecule has 1 aromatic carbocycles. The number of aliphatic hydroxyl groups excluding tert-OH is 1. The van der Waals surface area contributed by atoms with Crippen LogP contribution in [0, 0.1) is 0 Å². The molecule has 1 aromatic rings. The van der Waals surface area contributed by atoms with Crippen LogP contribution >= 0.6 is 0 Å². The average molecular weight is 320 g/mol. The van der Waals surface area contributed by atoms with Crippen molar-refractivity contribution in [1.29, 1.82) is 0 Å². The first-order valence-corrected chi connectivity index (χ1v) is 7.84. The maximum absolute atomic E-state index is 12.0. The zero-order valence-corrected chi connectivity index (χ0v) is 14.4. The molecular formula is C18H28N2O3. The predicted molar refractivity (Wildman–Crippen MR) is 92.3 cm³/mol. The van der Waals surface area contributed by atoms with Crippen molar-refractivity contribution >= 4 is 5.91 Å². The number of aliphatic hydroxyl groups is 1. The fourth-order valence-electron chi connectivity index (χ4n) is 1.84. The third-order valence-corrected chi connectivity index (χ3v) is 3.35. The van der Waals surface area contributed by atoms with Gasteiger partial charge in [0.25, 0.3) is 0 Å². The van der Waals surface area contributed by atoms with Gasteiger partial charge in [-0.1, -0.05) is 24.3 Å². The van der Waals surface area contributed by atoms with E-state index in [-0.39, 0.29) is 18.2 Å². The summed E-state index contributed by atoms with van der Waals surface area (Å²) in [7, 11) is 0. The molecule has 1 rings (SSSR count). The Labute approximate surface area is 138 Å². The lowest BCUT2D eigenvalue weighted by molar-refractivity contribution is -0.129. The first-order chi connectivity index (χ1) is 10.7. The maximum Gasteiger partial charge on any atom is 0.250 e. The lowest BCUT2D eigenvalue weighted by Gasteiger charge is -2.23. The van der Waals surface area contributed by atoms with Gasteiger partial charge in [0.1, 0.15) is 11.9 Å². The number of carbonyl (C=O) groups is 1. The lowest BCUT2D eigenvalue weighted by Crippen LogP contribution is -2.47. The second-order valence-electron chi connectivity index (χ2n) is 6.31. The van der Waals surface area contributed by atoms with E-state index in [0.717, 1.165) is 11.3 Å². The van der Waals surface area contributed by atoms with E-state index < -0.39 is 12.0 Å². The minimum atomic E-state index is -1.12. The van der Waals surface area contributed by atoms with Crippen molar-refractivity contribution in [1.82, 2.24) is 10.6 Å². The van der Waals surface area contributed by atoms with Crippen molar-refractivity contribution in [3.05, 3.63) is 42.5 Å². The molecule has 1 amide bonds. The molecule has 0 aliphatic rings. The second-order valence-corrected chi connectivity index (χ2v) is 6.31. The molecule has 128 valence electrons. The number of para-hydroxylation sites is 1. The highest BCUT2D eigenvalue weighted by molar-refractivity contribution is 5.80.